The van der Waals surface area contributed by atoms with Crippen molar-refractivity contribution < 1.29 is 4.74 Å². The predicted octanol–water partition coefficient (Wildman–Crippen LogP) is 2.75. The number of ether oxygens (including phenoxy) is 1. The number of methoxy groups -OCH3 is 1. The molecule has 0 bridgehead atoms. The number of nitrogens with one attached hydrogen (secondary N) is 1. The van der Waals surface area contributed by atoms with Crippen LogP contribution in [0.25, 0.3) is 0 Å². The number of hydrogen-bond acceptors (Lipinski definition) is 2. The van der Waals surface area contributed by atoms with E-state index in [1.807, 2.05) is 0 Å². The molecule has 1 N–H and O–H groups in total. The van der Waals surface area contributed by atoms with E-state index in [1.54, 1.807) is 12.7 Å². The van der Waals surface area contributed by atoms with Gasteiger partial charge in [0.15, 0.2) is 0 Å². The first-order valence-electron chi connectivity index (χ1n) is 6.20. The Kier molecular flexibility index (Phi) is 6.69. The van der Waals surface area contributed by atoms with Crippen LogP contribution in [0.15, 0.2) is 11.6 Å². The quantitative estimate of drug-likeness (QED) is 0.516. The van der Waals surface area contributed by atoms with Gasteiger partial charge in [-0.2, -0.15) is 0 Å². The Morgan fingerprint density at radius 2 is 2.33 bits per heavy atom. The van der Waals surface area contributed by atoms with E-state index in [1.165, 1.54) is 32.1 Å². The lowest BCUT2D eigenvalue weighted by Crippen LogP contribution is -2.25. The third-order valence-electron chi connectivity index (χ3n) is 2.95. The van der Waals surface area contributed by atoms with E-state index in [9.17, 15) is 0 Å². The summed E-state index contributed by atoms with van der Waals surface area (Å²) in [6.07, 6.45) is 9.09. The Labute approximate surface area is 94.1 Å². The van der Waals surface area contributed by atoms with Crippen LogP contribution < -0.4 is 5.32 Å². The van der Waals surface area contributed by atoms with Gasteiger partial charge in [0.05, 0.1) is 0 Å². The van der Waals surface area contributed by atoms with Crippen LogP contribution in [0, 0.1) is 5.92 Å². The molecule has 2 nitrogen and oxygen atoms in total. The van der Waals surface area contributed by atoms with Crippen LogP contribution in [-0.2, 0) is 4.74 Å². The molecule has 0 spiro atoms. The maximum atomic E-state index is 5.10. The zero-order valence-corrected chi connectivity index (χ0v) is 10.2. The van der Waals surface area contributed by atoms with E-state index in [4.69, 9.17) is 4.74 Å². The van der Waals surface area contributed by atoms with Crippen LogP contribution in [0.1, 0.15) is 39.0 Å². The lowest BCUT2D eigenvalue weighted by molar-refractivity contribution is 0.158. The normalized spacial score (nSPS) is 18.7. The van der Waals surface area contributed by atoms with E-state index in [0.29, 0.717) is 5.92 Å². The van der Waals surface area contributed by atoms with Gasteiger partial charge in [0, 0.05) is 13.7 Å². The summed E-state index contributed by atoms with van der Waals surface area (Å²) >= 11 is 0. The molecule has 88 valence electrons. The second-order valence-corrected chi connectivity index (χ2v) is 4.62. The zero-order chi connectivity index (χ0) is 10.9. The monoisotopic (exact) mass is 211 g/mol. The van der Waals surface area contributed by atoms with Gasteiger partial charge < -0.3 is 10.1 Å². The average Bonchev–Trinajstić information content (AvgIpc) is 2.26. The minimum absolute atomic E-state index is 0.621. The summed E-state index contributed by atoms with van der Waals surface area (Å²) in [6.45, 7) is 5.27. The largest absolute Gasteiger partial charge is 0.384 e. The number of allylic oxidation sites excluding steroid dienone is 1. The molecule has 1 aliphatic rings. The van der Waals surface area contributed by atoms with Gasteiger partial charge in [-0.15, -0.1) is 0 Å². The van der Waals surface area contributed by atoms with Crippen LogP contribution in [0.2, 0.25) is 0 Å². The Bertz CT molecular complexity index is 189. The van der Waals surface area contributed by atoms with Crippen molar-refractivity contribution in [3.8, 4) is 0 Å². The highest BCUT2D eigenvalue weighted by Crippen LogP contribution is 2.19. The third-order valence-corrected chi connectivity index (χ3v) is 2.95. The van der Waals surface area contributed by atoms with E-state index < -0.39 is 0 Å². The van der Waals surface area contributed by atoms with Gasteiger partial charge >= 0.3 is 0 Å². The Hall–Kier alpha value is -0.340. The van der Waals surface area contributed by atoms with Crippen molar-refractivity contribution in [1.29, 1.82) is 0 Å². The van der Waals surface area contributed by atoms with Crippen molar-refractivity contribution in [3.05, 3.63) is 11.6 Å². The lowest BCUT2D eigenvalue weighted by Gasteiger charge is -2.14. The zero-order valence-electron chi connectivity index (χ0n) is 10.2. The van der Waals surface area contributed by atoms with E-state index >= 15 is 0 Å². The number of rotatable bonds is 7. The van der Waals surface area contributed by atoms with Gasteiger partial charge in [0.1, 0.15) is 0 Å². The molecule has 0 amide bonds. The Morgan fingerprint density at radius 3 is 3.00 bits per heavy atom. The Morgan fingerprint density at radius 1 is 1.47 bits per heavy atom. The summed E-state index contributed by atoms with van der Waals surface area (Å²) in [4.78, 5) is 0. The van der Waals surface area contributed by atoms with Crippen LogP contribution >= 0.6 is 0 Å². The topological polar surface area (TPSA) is 21.3 Å². The highest BCUT2D eigenvalue weighted by atomic mass is 16.5. The molecule has 0 aromatic rings. The summed E-state index contributed by atoms with van der Waals surface area (Å²) < 4.78 is 5.10. The van der Waals surface area contributed by atoms with Crippen LogP contribution in [-0.4, -0.2) is 26.8 Å². The molecule has 0 aromatic carbocycles. The van der Waals surface area contributed by atoms with E-state index in [-0.39, 0.29) is 0 Å². The Balaban J connectivity index is 1.98. The second-order valence-electron chi connectivity index (χ2n) is 4.62. The molecule has 1 atom stereocenters. The highest BCUT2D eigenvalue weighted by molar-refractivity contribution is 5.05. The molecule has 0 heterocycles. The summed E-state index contributed by atoms with van der Waals surface area (Å²) in [5, 5.41) is 3.50. The van der Waals surface area contributed by atoms with Crippen LogP contribution in [0.5, 0.6) is 0 Å². The summed E-state index contributed by atoms with van der Waals surface area (Å²) in [7, 11) is 1.77. The first-order chi connectivity index (χ1) is 7.33. The van der Waals surface area contributed by atoms with Crippen LogP contribution in [0.4, 0.5) is 0 Å². The number of hydrogen-bond donors (Lipinski definition) is 1. The molecule has 1 unspecified atom stereocenters. The van der Waals surface area contributed by atoms with Gasteiger partial charge in [0.2, 0.25) is 0 Å². The summed E-state index contributed by atoms with van der Waals surface area (Å²) in [5.74, 6) is 0.621. The standard InChI is InChI=1S/C13H25NO/c1-12(11-15-2)10-14-9-8-13-6-4-3-5-7-13/h6,12,14H,3-5,7-11H2,1-2H3. The van der Waals surface area contributed by atoms with Crippen molar-refractivity contribution in [2.45, 2.75) is 39.0 Å². The van der Waals surface area contributed by atoms with Crippen molar-refractivity contribution in [3.63, 3.8) is 0 Å². The van der Waals surface area contributed by atoms with Crippen molar-refractivity contribution in [2.75, 3.05) is 26.8 Å². The molecule has 1 aliphatic carbocycles. The molecule has 0 saturated heterocycles. The fourth-order valence-electron chi connectivity index (χ4n) is 2.07. The van der Waals surface area contributed by atoms with E-state index in [0.717, 1.165) is 19.7 Å². The first kappa shape index (κ1) is 12.7. The average molecular weight is 211 g/mol. The van der Waals surface area contributed by atoms with Gasteiger partial charge in [-0.3, -0.25) is 0 Å². The highest BCUT2D eigenvalue weighted by Gasteiger charge is 2.04. The molecule has 1 rings (SSSR count). The van der Waals surface area contributed by atoms with Crippen molar-refractivity contribution in [1.82, 2.24) is 5.32 Å². The predicted molar refractivity (Wildman–Crippen MR) is 65.1 cm³/mol. The minimum Gasteiger partial charge on any atom is -0.384 e. The molecular formula is C13H25NO. The second kappa shape index (κ2) is 7.89. The molecule has 0 fully saturated rings. The lowest BCUT2D eigenvalue weighted by atomic mass is 9.97. The fraction of sp³-hybridized carbons (Fsp3) is 0.846. The smallest absolute Gasteiger partial charge is 0.0499 e. The summed E-state index contributed by atoms with van der Waals surface area (Å²) in [5.41, 5.74) is 1.66. The molecule has 0 aromatic heterocycles. The van der Waals surface area contributed by atoms with Crippen molar-refractivity contribution >= 4 is 0 Å². The van der Waals surface area contributed by atoms with Gasteiger partial charge in [-0.25, -0.2) is 0 Å². The fourth-order valence-corrected chi connectivity index (χ4v) is 2.07. The third kappa shape index (κ3) is 5.95. The van der Waals surface area contributed by atoms with Gasteiger partial charge in [-0.1, -0.05) is 18.6 Å². The van der Waals surface area contributed by atoms with Crippen molar-refractivity contribution in [2.24, 2.45) is 5.92 Å². The molecule has 0 aliphatic heterocycles. The molecule has 0 saturated carbocycles. The summed E-state index contributed by atoms with van der Waals surface area (Å²) in [6, 6.07) is 0. The van der Waals surface area contributed by atoms with Gasteiger partial charge in [-0.05, 0) is 51.1 Å². The molecule has 15 heavy (non-hydrogen) atoms. The van der Waals surface area contributed by atoms with Gasteiger partial charge in [0.25, 0.3) is 0 Å². The maximum absolute atomic E-state index is 5.10. The molecular weight excluding hydrogens is 186 g/mol. The SMILES string of the molecule is COCC(C)CNCCC1=CCCCC1. The maximum Gasteiger partial charge on any atom is 0.0499 e. The first-order valence-corrected chi connectivity index (χ1v) is 6.20. The molecule has 2 heteroatoms. The molecule has 0 radical (unpaired) electrons. The van der Waals surface area contributed by atoms with E-state index in [2.05, 4.69) is 18.3 Å². The minimum atomic E-state index is 0.621. The van der Waals surface area contributed by atoms with Crippen LogP contribution in [0.3, 0.4) is 0 Å².